The molecule has 2 aliphatic rings. The second-order valence-electron chi connectivity index (χ2n) is 11.1. The third kappa shape index (κ3) is 6.52. The summed E-state index contributed by atoms with van der Waals surface area (Å²) in [5.41, 5.74) is -5.51. The summed E-state index contributed by atoms with van der Waals surface area (Å²) >= 11 is 0. The van der Waals surface area contributed by atoms with E-state index in [-0.39, 0.29) is 58.6 Å². The zero-order valence-corrected chi connectivity index (χ0v) is 25.0. The summed E-state index contributed by atoms with van der Waals surface area (Å²) in [5, 5.41) is 14.2. The molecule has 0 radical (unpaired) electrons. The van der Waals surface area contributed by atoms with Crippen LogP contribution in [0, 0.1) is 23.6 Å². The van der Waals surface area contributed by atoms with E-state index in [1.165, 1.54) is 31.6 Å². The maximum atomic E-state index is 15.1. The van der Waals surface area contributed by atoms with Crippen molar-refractivity contribution in [3.63, 3.8) is 0 Å². The first kappa shape index (κ1) is 32.8. The quantitative estimate of drug-likeness (QED) is 0.267. The Labute approximate surface area is 260 Å². The van der Waals surface area contributed by atoms with Gasteiger partial charge in [-0.2, -0.15) is 13.2 Å². The van der Waals surface area contributed by atoms with Gasteiger partial charge in [0.05, 0.1) is 29.9 Å². The maximum absolute atomic E-state index is 15.1. The van der Waals surface area contributed by atoms with Gasteiger partial charge in [-0.1, -0.05) is 6.07 Å². The second kappa shape index (κ2) is 12.7. The highest BCUT2D eigenvalue weighted by molar-refractivity contribution is 7.92. The number of carbonyl (C=O) groups is 3. The number of amides is 2. The molecule has 5 rings (SSSR count). The molecule has 46 heavy (non-hydrogen) atoms. The molecule has 244 valence electrons. The normalized spacial score (nSPS) is 20.7. The average molecular weight is 665 g/mol. The summed E-state index contributed by atoms with van der Waals surface area (Å²) in [6.45, 7) is 0. The number of hydrogen-bond acceptors (Lipinski definition) is 8. The molecular weight excluding hydrogens is 636 g/mol. The first-order valence-electron chi connectivity index (χ1n) is 14.1. The van der Waals surface area contributed by atoms with E-state index in [4.69, 9.17) is 9.84 Å². The van der Waals surface area contributed by atoms with Crippen molar-refractivity contribution < 1.29 is 50.2 Å². The van der Waals surface area contributed by atoms with Crippen molar-refractivity contribution in [3.8, 4) is 16.9 Å². The van der Waals surface area contributed by atoms with E-state index in [9.17, 15) is 36.0 Å². The van der Waals surface area contributed by atoms with Crippen molar-refractivity contribution >= 4 is 33.3 Å². The number of hydrogen-bond donors (Lipinski definition) is 3. The van der Waals surface area contributed by atoms with Gasteiger partial charge in [0.25, 0.3) is 15.7 Å². The fraction of sp³-hybridized carbons (Fsp3) is 0.367. The maximum Gasteiger partial charge on any atom is 0.501 e. The number of nitrogens with zero attached hydrogens (tertiary/aromatic N) is 2. The Morgan fingerprint density at radius 3 is 2.41 bits per heavy atom. The van der Waals surface area contributed by atoms with Crippen LogP contribution in [0.5, 0.6) is 5.75 Å². The Bertz CT molecular complexity index is 1780. The summed E-state index contributed by atoms with van der Waals surface area (Å²) in [6, 6.07) is 5.47. The molecule has 11 nitrogen and oxygen atoms in total. The molecule has 2 amide bonds. The number of carboxylic acid groups (broad SMARTS) is 1. The van der Waals surface area contributed by atoms with Crippen LogP contribution in [0.2, 0.25) is 0 Å². The number of carbonyl (C=O) groups excluding carboxylic acids is 2. The molecule has 3 N–H and O–H groups in total. The van der Waals surface area contributed by atoms with E-state index >= 15 is 4.39 Å². The Hall–Kier alpha value is -4.60. The van der Waals surface area contributed by atoms with Crippen LogP contribution in [0.4, 0.5) is 23.2 Å². The van der Waals surface area contributed by atoms with Gasteiger partial charge in [-0.3, -0.25) is 14.4 Å². The third-order valence-corrected chi connectivity index (χ3v) is 9.83. The molecule has 16 heteroatoms. The Morgan fingerprint density at radius 2 is 1.76 bits per heavy atom. The molecule has 1 heterocycles. The number of aromatic nitrogens is 2. The van der Waals surface area contributed by atoms with E-state index < -0.39 is 55.8 Å². The molecule has 2 aliphatic carbocycles. The third-order valence-electron chi connectivity index (χ3n) is 8.35. The largest absolute Gasteiger partial charge is 0.501 e. The van der Waals surface area contributed by atoms with Crippen LogP contribution in [0.25, 0.3) is 11.1 Å². The van der Waals surface area contributed by atoms with Crippen LogP contribution >= 0.6 is 0 Å². The van der Waals surface area contributed by atoms with Crippen molar-refractivity contribution in [2.45, 2.75) is 48.5 Å². The van der Waals surface area contributed by atoms with Gasteiger partial charge in [0.1, 0.15) is 17.4 Å². The number of halogens is 4. The Kier molecular flexibility index (Phi) is 9.02. The minimum atomic E-state index is -5.64. The number of sulfone groups is 1. The molecule has 3 aromatic rings. The summed E-state index contributed by atoms with van der Waals surface area (Å²) in [6.07, 6.45) is 4.52. The van der Waals surface area contributed by atoms with Crippen LogP contribution < -0.4 is 15.4 Å². The molecule has 2 bridgehead atoms. The van der Waals surface area contributed by atoms with Crippen LogP contribution in [0.3, 0.4) is 0 Å². The molecular formula is C30H28F4N4O7S. The van der Waals surface area contributed by atoms with Crippen molar-refractivity contribution in [2.75, 3.05) is 12.4 Å². The standard InChI is InChI=1S/C30H28F4N4O7S/c1-45-23-12-22(31)20(17-13-35-24(36-14-17)7-8-25(39)40)11-21(23)28(41)38-27-16-6-5-15(9-16)26(27)29(42)37-18-3-2-4-19(10-18)46(43,44)30(32,33)34/h2-4,10-16,26-27H,5-9H2,1H3,(H,37,42)(H,38,41)(H,39,40)/t15-,16+,26+,27-/m1/s1. The summed E-state index contributed by atoms with van der Waals surface area (Å²) < 4.78 is 83.3. The van der Waals surface area contributed by atoms with Crippen LogP contribution in [-0.2, 0) is 25.8 Å². The number of ether oxygens (including phenoxy) is 1. The number of fused-ring (bicyclic) bond motifs is 2. The number of carboxylic acids is 1. The minimum absolute atomic E-state index is 0.0216. The number of rotatable bonds is 10. The number of anilines is 1. The molecule has 2 aromatic carbocycles. The molecule has 2 fully saturated rings. The second-order valence-corrected chi connectivity index (χ2v) is 13.1. The van der Waals surface area contributed by atoms with Crippen LogP contribution in [0.1, 0.15) is 41.9 Å². The predicted octanol–water partition coefficient (Wildman–Crippen LogP) is 4.39. The Balaban J connectivity index is 1.37. The first-order valence-corrected chi connectivity index (χ1v) is 15.6. The highest BCUT2D eigenvalue weighted by Crippen LogP contribution is 2.49. The lowest BCUT2D eigenvalue weighted by Crippen LogP contribution is -2.48. The van der Waals surface area contributed by atoms with Gasteiger partial charge >= 0.3 is 11.5 Å². The van der Waals surface area contributed by atoms with Crippen molar-refractivity contribution in [2.24, 2.45) is 17.8 Å². The fourth-order valence-electron chi connectivity index (χ4n) is 6.17. The minimum Gasteiger partial charge on any atom is -0.496 e. The fourth-order valence-corrected chi connectivity index (χ4v) is 6.98. The lowest BCUT2D eigenvalue weighted by atomic mass is 9.83. The monoisotopic (exact) mass is 664 g/mol. The number of benzene rings is 2. The van der Waals surface area contributed by atoms with E-state index in [0.29, 0.717) is 12.8 Å². The number of aryl methyl sites for hydroxylation is 1. The zero-order valence-electron chi connectivity index (χ0n) is 24.2. The highest BCUT2D eigenvalue weighted by atomic mass is 32.2. The van der Waals surface area contributed by atoms with Gasteiger partial charge < -0.3 is 20.5 Å². The van der Waals surface area contributed by atoms with Gasteiger partial charge in [0.15, 0.2) is 0 Å². The first-order chi connectivity index (χ1) is 21.7. The lowest BCUT2D eigenvalue weighted by Gasteiger charge is -2.31. The molecule has 1 aromatic heterocycles. The molecule has 0 aliphatic heterocycles. The van der Waals surface area contributed by atoms with E-state index in [2.05, 4.69) is 20.6 Å². The summed E-state index contributed by atoms with van der Waals surface area (Å²) in [5.74, 6) is -3.84. The van der Waals surface area contributed by atoms with E-state index in [1.54, 1.807) is 0 Å². The summed E-state index contributed by atoms with van der Waals surface area (Å²) in [4.78, 5) is 45.0. The SMILES string of the molecule is COc1cc(F)c(-c2cnc(CCC(=O)O)nc2)cc1C(=O)N[C@@H]1[C@H]2CC[C@H](C2)[C@@H]1C(=O)Nc1cccc(S(=O)(=O)C(F)(F)F)c1. The average Bonchev–Trinajstić information content (AvgIpc) is 3.62. The van der Waals surface area contributed by atoms with Crippen molar-refractivity contribution in [1.29, 1.82) is 0 Å². The predicted molar refractivity (Wildman–Crippen MR) is 154 cm³/mol. The van der Waals surface area contributed by atoms with Crippen molar-refractivity contribution in [3.05, 3.63) is 66.0 Å². The number of nitrogens with one attached hydrogen (secondary N) is 2. The number of alkyl halides is 3. The summed E-state index contributed by atoms with van der Waals surface area (Å²) in [7, 11) is -4.38. The zero-order chi connectivity index (χ0) is 33.4. The molecule has 0 saturated heterocycles. The van der Waals surface area contributed by atoms with Gasteiger partial charge in [-0.05, 0) is 55.4 Å². The molecule has 4 atom stereocenters. The molecule has 2 saturated carbocycles. The Morgan fingerprint density at radius 1 is 1.07 bits per heavy atom. The van der Waals surface area contributed by atoms with Crippen LogP contribution in [-0.4, -0.2) is 59.9 Å². The van der Waals surface area contributed by atoms with Gasteiger partial charge in [-0.15, -0.1) is 0 Å². The van der Waals surface area contributed by atoms with Crippen LogP contribution in [0.15, 0.2) is 53.7 Å². The van der Waals surface area contributed by atoms with E-state index in [0.717, 1.165) is 30.7 Å². The highest BCUT2D eigenvalue weighted by Gasteiger charge is 2.52. The van der Waals surface area contributed by atoms with Crippen molar-refractivity contribution in [1.82, 2.24) is 15.3 Å². The topological polar surface area (TPSA) is 165 Å². The molecule has 0 spiro atoms. The van der Waals surface area contributed by atoms with Gasteiger partial charge in [0, 0.05) is 47.7 Å². The lowest BCUT2D eigenvalue weighted by molar-refractivity contribution is -0.137. The number of aliphatic carboxylic acids is 1. The van der Waals surface area contributed by atoms with E-state index in [1.807, 2.05) is 0 Å². The smallest absolute Gasteiger partial charge is 0.496 e. The molecule has 0 unspecified atom stereocenters. The van der Waals surface area contributed by atoms with Gasteiger partial charge in [-0.25, -0.2) is 22.8 Å². The van der Waals surface area contributed by atoms with Gasteiger partial charge in [0.2, 0.25) is 5.91 Å². The number of methoxy groups -OCH3 is 1.